The second kappa shape index (κ2) is 8.61. The van der Waals surface area contributed by atoms with Crippen LogP contribution in [0, 0.1) is 6.92 Å². The minimum absolute atomic E-state index is 0.157. The Morgan fingerprint density at radius 2 is 2.07 bits per heavy atom. The third-order valence-electron chi connectivity index (χ3n) is 5.33. The van der Waals surface area contributed by atoms with E-state index in [9.17, 15) is 13.2 Å². The van der Waals surface area contributed by atoms with E-state index in [0.717, 1.165) is 12.0 Å². The number of piperidine rings is 1. The van der Waals surface area contributed by atoms with E-state index in [0.29, 0.717) is 44.5 Å². The molecule has 2 aliphatic rings. The Balaban J connectivity index is 1.56. The first-order chi connectivity index (χ1) is 13.3. The molecule has 1 saturated heterocycles. The van der Waals surface area contributed by atoms with Crippen LogP contribution in [-0.4, -0.2) is 48.8 Å². The second-order valence-electron chi connectivity index (χ2n) is 7.76. The molecular weight excluding hydrogens is 378 g/mol. The number of carbonyl (C=O) groups excluding carboxylic acids is 1. The summed E-state index contributed by atoms with van der Waals surface area (Å²) in [4.78, 5) is 18.1. The van der Waals surface area contributed by atoms with Gasteiger partial charge in [-0.2, -0.15) is 4.31 Å². The molecule has 1 N–H and O–H groups in total. The van der Waals surface area contributed by atoms with Crippen LogP contribution in [0.15, 0.2) is 29.4 Å². The van der Waals surface area contributed by atoms with E-state index in [2.05, 4.69) is 10.5 Å². The van der Waals surface area contributed by atoms with Crippen molar-refractivity contribution in [1.29, 1.82) is 0 Å². The number of rotatable bonds is 7. The fourth-order valence-corrected chi connectivity index (χ4v) is 5.35. The summed E-state index contributed by atoms with van der Waals surface area (Å²) in [6.07, 6.45) is 3.23. The van der Waals surface area contributed by atoms with Crippen molar-refractivity contribution in [3.8, 4) is 0 Å². The summed E-state index contributed by atoms with van der Waals surface area (Å²) >= 11 is 0. The van der Waals surface area contributed by atoms with Gasteiger partial charge >= 0.3 is 0 Å². The molecule has 3 rings (SSSR count). The van der Waals surface area contributed by atoms with Gasteiger partial charge < -0.3 is 10.2 Å². The molecule has 0 bridgehead atoms. The smallest absolute Gasteiger partial charge is 0.269 e. The molecule has 0 saturated carbocycles. The lowest BCUT2D eigenvalue weighted by Crippen LogP contribution is -2.51. The topological polar surface area (TPSA) is 88.1 Å². The Morgan fingerprint density at radius 3 is 2.79 bits per heavy atom. The van der Waals surface area contributed by atoms with E-state index in [1.807, 2.05) is 38.1 Å². The number of unbranched alkanes of at least 4 members (excludes halogenated alkanes) is 1. The lowest BCUT2D eigenvalue weighted by Gasteiger charge is -2.37. The number of hydrogen-bond donors (Lipinski definition) is 1. The van der Waals surface area contributed by atoms with Gasteiger partial charge in [-0.25, -0.2) is 8.42 Å². The first kappa shape index (κ1) is 20.8. The van der Waals surface area contributed by atoms with Crippen LogP contribution in [0.3, 0.4) is 0 Å². The highest BCUT2D eigenvalue weighted by Crippen LogP contribution is 2.34. The summed E-state index contributed by atoms with van der Waals surface area (Å²) in [7, 11) is -3.29. The third kappa shape index (κ3) is 4.91. The fourth-order valence-electron chi connectivity index (χ4n) is 3.60. The molecule has 1 spiro atoms. The van der Waals surface area contributed by atoms with Crippen molar-refractivity contribution in [2.75, 3.05) is 18.8 Å². The Labute approximate surface area is 167 Å². The van der Waals surface area contributed by atoms with Gasteiger partial charge in [0.05, 0.1) is 12.3 Å². The lowest BCUT2D eigenvalue weighted by atomic mass is 9.89. The van der Waals surface area contributed by atoms with Gasteiger partial charge in [-0.1, -0.05) is 48.3 Å². The van der Waals surface area contributed by atoms with Crippen molar-refractivity contribution in [1.82, 2.24) is 9.62 Å². The number of aryl methyl sites for hydroxylation is 1. The molecule has 2 aliphatic heterocycles. The van der Waals surface area contributed by atoms with Crippen LogP contribution in [-0.2, 0) is 26.2 Å². The average Bonchev–Trinajstić information content (AvgIpc) is 3.09. The molecule has 1 amide bonds. The monoisotopic (exact) mass is 407 g/mol. The third-order valence-corrected chi connectivity index (χ3v) is 7.23. The molecule has 0 radical (unpaired) electrons. The molecule has 1 atom stereocenters. The fraction of sp³-hybridized carbons (Fsp3) is 0.600. The maximum atomic E-state index is 12.5. The maximum absolute atomic E-state index is 12.5. The first-order valence-electron chi connectivity index (χ1n) is 9.90. The summed E-state index contributed by atoms with van der Waals surface area (Å²) in [5.41, 5.74) is 1.80. The standard InChI is InChI=1S/C20H29N3O4S/c1-3-4-12-28(25,26)23-11-5-10-20(15-23)13-18(22-27-20)19(24)21-14-17-8-6-16(2)7-9-17/h6-9H,3-5,10-15H2,1-2H3,(H,21,24). The van der Waals surface area contributed by atoms with Crippen molar-refractivity contribution >= 4 is 21.6 Å². The summed E-state index contributed by atoms with van der Waals surface area (Å²) < 4.78 is 26.6. The Bertz CT molecular complexity index is 836. The maximum Gasteiger partial charge on any atom is 0.269 e. The van der Waals surface area contributed by atoms with E-state index in [1.54, 1.807) is 0 Å². The predicted octanol–water partition coefficient (Wildman–Crippen LogP) is 2.35. The van der Waals surface area contributed by atoms with Crippen molar-refractivity contribution in [3.63, 3.8) is 0 Å². The lowest BCUT2D eigenvalue weighted by molar-refractivity contribution is -0.115. The SMILES string of the molecule is CCCCS(=O)(=O)N1CCCC2(CC(C(=O)NCc3ccc(C)cc3)=NO2)C1. The number of benzene rings is 1. The van der Waals surface area contributed by atoms with Gasteiger partial charge in [0, 0.05) is 19.5 Å². The quantitative estimate of drug-likeness (QED) is 0.751. The zero-order valence-corrected chi connectivity index (χ0v) is 17.4. The van der Waals surface area contributed by atoms with Gasteiger partial charge in [0.1, 0.15) is 5.71 Å². The van der Waals surface area contributed by atoms with Crippen molar-refractivity contribution in [3.05, 3.63) is 35.4 Å². The van der Waals surface area contributed by atoms with Gasteiger partial charge in [0.25, 0.3) is 5.91 Å². The summed E-state index contributed by atoms with van der Waals surface area (Å²) in [5, 5.41) is 6.87. The van der Waals surface area contributed by atoms with Crippen molar-refractivity contribution < 1.29 is 18.0 Å². The van der Waals surface area contributed by atoms with Crippen molar-refractivity contribution in [2.45, 2.75) is 58.1 Å². The minimum atomic E-state index is -3.29. The molecule has 7 nitrogen and oxygen atoms in total. The molecule has 0 aromatic heterocycles. The van der Waals surface area contributed by atoms with Gasteiger partial charge in [-0.15, -0.1) is 0 Å². The number of oxime groups is 1. The molecule has 2 heterocycles. The zero-order valence-electron chi connectivity index (χ0n) is 16.6. The van der Waals surface area contributed by atoms with Crippen LogP contribution in [0.25, 0.3) is 0 Å². The Morgan fingerprint density at radius 1 is 1.32 bits per heavy atom. The molecule has 1 unspecified atom stereocenters. The van der Waals surface area contributed by atoms with Crippen LogP contribution < -0.4 is 5.32 Å². The molecule has 28 heavy (non-hydrogen) atoms. The van der Waals surface area contributed by atoms with Crippen LogP contribution in [0.4, 0.5) is 0 Å². The highest BCUT2D eigenvalue weighted by molar-refractivity contribution is 7.89. The predicted molar refractivity (Wildman–Crippen MR) is 108 cm³/mol. The van der Waals surface area contributed by atoms with Crippen LogP contribution >= 0.6 is 0 Å². The highest BCUT2D eigenvalue weighted by atomic mass is 32.2. The second-order valence-corrected chi connectivity index (χ2v) is 9.85. The number of nitrogens with one attached hydrogen (secondary N) is 1. The summed E-state index contributed by atoms with van der Waals surface area (Å²) in [5.74, 6) is -0.104. The Hall–Kier alpha value is -1.93. The van der Waals surface area contributed by atoms with E-state index in [-0.39, 0.29) is 18.2 Å². The Kier molecular flexibility index (Phi) is 6.40. The van der Waals surface area contributed by atoms with Crippen LogP contribution in [0.5, 0.6) is 0 Å². The average molecular weight is 408 g/mol. The largest absolute Gasteiger partial charge is 0.387 e. The zero-order chi connectivity index (χ0) is 20.2. The highest BCUT2D eigenvalue weighted by Gasteiger charge is 2.46. The normalized spacial score (nSPS) is 22.7. The number of carbonyl (C=O) groups is 1. The van der Waals surface area contributed by atoms with Gasteiger partial charge in [-0.3, -0.25) is 4.79 Å². The summed E-state index contributed by atoms with van der Waals surface area (Å²) in [6, 6.07) is 7.96. The number of amides is 1. The van der Waals surface area contributed by atoms with Gasteiger partial charge in [0.2, 0.25) is 10.0 Å². The number of nitrogens with zero attached hydrogens (tertiary/aromatic N) is 2. The number of sulfonamides is 1. The molecule has 1 aromatic carbocycles. The molecule has 1 fully saturated rings. The van der Waals surface area contributed by atoms with Gasteiger partial charge in [0.15, 0.2) is 5.60 Å². The van der Waals surface area contributed by atoms with E-state index < -0.39 is 15.6 Å². The first-order valence-corrected chi connectivity index (χ1v) is 11.5. The van der Waals surface area contributed by atoms with E-state index in [1.165, 1.54) is 9.87 Å². The van der Waals surface area contributed by atoms with Gasteiger partial charge in [-0.05, 0) is 31.7 Å². The van der Waals surface area contributed by atoms with E-state index in [4.69, 9.17) is 4.84 Å². The molecule has 154 valence electrons. The minimum Gasteiger partial charge on any atom is -0.387 e. The molecule has 1 aromatic rings. The molecular formula is C20H29N3O4S. The van der Waals surface area contributed by atoms with E-state index >= 15 is 0 Å². The number of hydrogen-bond acceptors (Lipinski definition) is 5. The summed E-state index contributed by atoms with van der Waals surface area (Å²) in [6.45, 7) is 5.18. The molecule has 8 heteroatoms. The molecule has 0 aliphatic carbocycles. The van der Waals surface area contributed by atoms with Crippen LogP contribution in [0.2, 0.25) is 0 Å². The van der Waals surface area contributed by atoms with Crippen molar-refractivity contribution in [2.24, 2.45) is 5.16 Å². The van der Waals surface area contributed by atoms with Crippen LogP contribution in [0.1, 0.15) is 50.2 Å².